The molecule has 0 bridgehead atoms. The highest BCUT2D eigenvalue weighted by molar-refractivity contribution is 7.83. The van der Waals surface area contributed by atoms with Gasteiger partial charge in [-0.3, -0.25) is 4.21 Å². The first-order chi connectivity index (χ1) is 16.1. The zero-order valence-corrected chi connectivity index (χ0v) is 20.2. The molecule has 0 aliphatic rings. The van der Waals surface area contributed by atoms with Gasteiger partial charge in [-0.25, -0.2) is 4.79 Å². The van der Waals surface area contributed by atoms with Gasteiger partial charge in [0.1, 0.15) is 12.4 Å². The van der Waals surface area contributed by atoms with Crippen LogP contribution in [0.4, 0.5) is 0 Å². The van der Waals surface area contributed by atoms with Crippen molar-refractivity contribution in [2.24, 2.45) is 0 Å². The minimum Gasteiger partial charge on any atom is -0.488 e. The summed E-state index contributed by atoms with van der Waals surface area (Å²) in [6.45, 7) is 2.88. The number of aryl methyl sites for hydroxylation is 2. The number of hydrogen-bond acceptors (Lipinski definition) is 4. The van der Waals surface area contributed by atoms with E-state index >= 15 is 0 Å². The van der Waals surface area contributed by atoms with Gasteiger partial charge in [0.25, 0.3) is 0 Å². The molecule has 1 atom stereocenters. The highest BCUT2D eigenvalue weighted by atomic mass is 32.2. The molecule has 0 saturated heterocycles. The first kappa shape index (κ1) is 24.7. The van der Waals surface area contributed by atoms with Gasteiger partial charge in [-0.2, -0.15) is 0 Å². The van der Waals surface area contributed by atoms with E-state index in [4.69, 9.17) is 9.47 Å². The molecule has 174 valence electrons. The van der Waals surface area contributed by atoms with Gasteiger partial charge in [0.15, 0.2) is 0 Å². The molecule has 0 fully saturated rings. The van der Waals surface area contributed by atoms with Crippen LogP contribution in [0, 0.1) is 0 Å². The van der Waals surface area contributed by atoms with Crippen LogP contribution in [-0.2, 0) is 40.7 Å². The third-order valence-electron chi connectivity index (χ3n) is 5.37. The summed E-state index contributed by atoms with van der Waals surface area (Å²) in [5.74, 6) is 0.971. The van der Waals surface area contributed by atoms with Gasteiger partial charge in [-0.05, 0) is 48.1 Å². The third-order valence-corrected chi connectivity index (χ3v) is 6.08. The van der Waals surface area contributed by atoms with Gasteiger partial charge in [0, 0.05) is 22.6 Å². The van der Waals surface area contributed by atoms with Gasteiger partial charge in [0.2, 0.25) is 0 Å². The molecule has 0 saturated carbocycles. The lowest BCUT2D eigenvalue weighted by atomic mass is 10.0. The number of para-hydroxylation sites is 1. The maximum atomic E-state index is 12.1. The molecule has 0 spiro atoms. The highest BCUT2D eigenvalue weighted by Crippen LogP contribution is 2.28. The molecule has 0 radical (unpaired) electrons. The normalized spacial score (nSPS) is 11.7. The molecule has 0 heterocycles. The van der Waals surface area contributed by atoms with E-state index in [1.807, 2.05) is 42.5 Å². The Hall–Kier alpha value is -2.92. The van der Waals surface area contributed by atoms with Gasteiger partial charge in [-0.15, -0.1) is 0 Å². The summed E-state index contributed by atoms with van der Waals surface area (Å²) >= 11 is 0. The van der Waals surface area contributed by atoms with E-state index in [9.17, 15) is 9.00 Å². The van der Waals surface area contributed by atoms with Crippen molar-refractivity contribution in [2.75, 3.05) is 12.9 Å². The van der Waals surface area contributed by atoms with Crippen molar-refractivity contribution in [3.63, 3.8) is 0 Å². The van der Waals surface area contributed by atoms with Crippen molar-refractivity contribution in [2.45, 2.75) is 45.0 Å². The Balaban J connectivity index is 1.70. The summed E-state index contributed by atoms with van der Waals surface area (Å²) < 4.78 is 23.5. The van der Waals surface area contributed by atoms with Crippen molar-refractivity contribution in [1.82, 2.24) is 0 Å². The second kappa shape index (κ2) is 12.9. The first-order valence-corrected chi connectivity index (χ1v) is 13.1. The van der Waals surface area contributed by atoms with Crippen LogP contribution in [0.3, 0.4) is 0 Å². The number of hydrogen-bond donors (Lipinski definition) is 0. The Morgan fingerprint density at radius 3 is 2.27 bits per heavy atom. The fourth-order valence-electron chi connectivity index (χ4n) is 3.56. The number of unbranched alkanes of at least 4 members (excludes halogenated alkanes) is 1. The lowest BCUT2D eigenvalue weighted by Crippen LogP contribution is -2.07. The second-order valence-electron chi connectivity index (χ2n) is 8.08. The molecule has 3 rings (SSSR count). The Morgan fingerprint density at radius 2 is 1.58 bits per heavy atom. The zero-order valence-electron chi connectivity index (χ0n) is 19.4. The maximum Gasteiger partial charge on any atom is 0.338 e. The van der Waals surface area contributed by atoms with Crippen LogP contribution in [0.1, 0.15) is 52.4 Å². The van der Waals surface area contributed by atoms with Gasteiger partial charge < -0.3 is 9.47 Å². The molecule has 0 amide bonds. The number of carbonyl (C=O) groups is 1. The Labute approximate surface area is 199 Å². The van der Waals surface area contributed by atoms with E-state index in [2.05, 4.69) is 25.1 Å². The molecule has 4 nitrogen and oxygen atoms in total. The van der Waals surface area contributed by atoms with E-state index < -0.39 is 10.8 Å². The predicted octanol–water partition coefficient (Wildman–Crippen LogP) is 5.89. The molecule has 3 aromatic carbocycles. The number of carbonyl (C=O) groups excluding carboxylic acids is 1. The standard InChI is InChI=1S/C28H32O4S/c1-3-4-19-31-28(29)25-17-14-23(15-18-25)20-32-27-24(11-8-12-26(27)21-33(2)30)16-13-22-9-6-5-7-10-22/h5-12,14-15,17-18H,3-4,13,16,19-21H2,1-2H3. The molecular formula is C28H32O4S. The number of ether oxygens (including phenoxy) is 2. The fourth-order valence-corrected chi connectivity index (χ4v) is 4.23. The molecule has 0 N–H and O–H groups in total. The van der Waals surface area contributed by atoms with Crippen LogP contribution >= 0.6 is 0 Å². The fraction of sp³-hybridized carbons (Fsp3) is 0.321. The second-order valence-corrected chi connectivity index (χ2v) is 9.52. The summed E-state index contributed by atoms with van der Waals surface area (Å²) in [5.41, 5.74) is 4.84. The van der Waals surface area contributed by atoms with E-state index in [1.54, 1.807) is 18.4 Å². The van der Waals surface area contributed by atoms with Gasteiger partial charge >= 0.3 is 5.97 Å². The van der Waals surface area contributed by atoms with Gasteiger partial charge in [-0.1, -0.05) is 74.0 Å². The number of esters is 1. The lowest BCUT2D eigenvalue weighted by molar-refractivity contribution is 0.0499. The smallest absolute Gasteiger partial charge is 0.338 e. The molecule has 5 heteroatoms. The molecular weight excluding hydrogens is 432 g/mol. The van der Waals surface area contributed by atoms with Gasteiger partial charge in [0.05, 0.1) is 17.9 Å². The average Bonchev–Trinajstić information content (AvgIpc) is 2.83. The Morgan fingerprint density at radius 1 is 0.848 bits per heavy atom. The molecule has 3 aromatic rings. The molecule has 0 aromatic heterocycles. The summed E-state index contributed by atoms with van der Waals surface area (Å²) in [6.07, 6.45) is 5.31. The summed E-state index contributed by atoms with van der Waals surface area (Å²) in [4.78, 5) is 12.1. The minimum absolute atomic E-state index is 0.296. The molecule has 0 aliphatic heterocycles. The van der Waals surface area contributed by atoms with E-state index in [-0.39, 0.29) is 5.97 Å². The van der Waals surface area contributed by atoms with E-state index in [0.717, 1.165) is 48.1 Å². The molecule has 0 aliphatic carbocycles. The highest BCUT2D eigenvalue weighted by Gasteiger charge is 2.13. The van der Waals surface area contributed by atoms with E-state index in [1.165, 1.54) is 5.56 Å². The third kappa shape index (κ3) is 7.86. The molecule has 1 unspecified atom stereocenters. The van der Waals surface area contributed by atoms with Crippen LogP contribution in [0.25, 0.3) is 0 Å². The van der Waals surface area contributed by atoms with Crippen molar-refractivity contribution in [1.29, 1.82) is 0 Å². The van der Waals surface area contributed by atoms with Crippen LogP contribution in [0.5, 0.6) is 5.75 Å². The molecule has 33 heavy (non-hydrogen) atoms. The minimum atomic E-state index is -0.967. The largest absolute Gasteiger partial charge is 0.488 e. The van der Waals surface area contributed by atoms with Crippen LogP contribution < -0.4 is 4.74 Å². The van der Waals surface area contributed by atoms with Crippen molar-refractivity contribution >= 4 is 16.8 Å². The van der Waals surface area contributed by atoms with Crippen LogP contribution in [0.2, 0.25) is 0 Å². The summed E-state index contributed by atoms with van der Waals surface area (Å²) in [6, 6.07) is 23.8. The quantitative estimate of drug-likeness (QED) is 0.248. The predicted molar refractivity (Wildman–Crippen MR) is 134 cm³/mol. The maximum absolute atomic E-state index is 12.1. The summed E-state index contributed by atoms with van der Waals surface area (Å²) in [5, 5.41) is 0. The summed E-state index contributed by atoms with van der Waals surface area (Å²) in [7, 11) is -0.967. The zero-order chi connectivity index (χ0) is 23.5. The number of rotatable bonds is 12. The van der Waals surface area contributed by atoms with Crippen molar-refractivity contribution in [3.8, 4) is 5.75 Å². The van der Waals surface area contributed by atoms with Crippen LogP contribution in [0.15, 0.2) is 72.8 Å². The average molecular weight is 465 g/mol. The topological polar surface area (TPSA) is 52.6 Å². The Kier molecular flexibility index (Phi) is 9.70. The first-order valence-electron chi connectivity index (χ1n) is 11.4. The van der Waals surface area contributed by atoms with Crippen molar-refractivity contribution < 1.29 is 18.5 Å². The Bertz CT molecular complexity index is 1050. The van der Waals surface area contributed by atoms with Crippen LogP contribution in [-0.4, -0.2) is 23.0 Å². The monoisotopic (exact) mass is 464 g/mol. The van der Waals surface area contributed by atoms with Crippen molar-refractivity contribution in [3.05, 3.63) is 101 Å². The number of benzene rings is 3. The lowest BCUT2D eigenvalue weighted by Gasteiger charge is -2.16. The van der Waals surface area contributed by atoms with E-state index in [0.29, 0.717) is 24.5 Å². The SMILES string of the molecule is CCCCOC(=O)c1ccc(COc2c(CCc3ccccc3)cccc2CS(C)=O)cc1.